The molecule has 0 saturated heterocycles. The van der Waals surface area contributed by atoms with Crippen LogP contribution < -0.4 is 5.32 Å². The SMILES string of the molecule is O=C(OCc1csc(-c2ccccc2Cl)n1)c1ccccc1NCCO. The second-order valence-electron chi connectivity index (χ2n) is 5.40. The van der Waals surface area contributed by atoms with Gasteiger partial charge in [0, 0.05) is 23.2 Å². The number of rotatable bonds is 7. The maximum Gasteiger partial charge on any atom is 0.340 e. The van der Waals surface area contributed by atoms with Crippen LogP contribution in [-0.2, 0) is 11.3 Å². The number of nitrogens with zero attached hydrogens (tertiary/aromatic N) is 1. The van der Waals surface area contributed by atoms with Gasteiger partial charge in [0.15, 0.2) is 0 Å². The van der Waals surface area contributed by atoms with Crippen molar-refractivity contribution >= 4 is 34.6 Å². The molecule has 26 heavy (non-hydrogen) atoms. The van der Waals surface area contributed by atoms with Gasteiger partial charge in [0.1, 0.15) is 11.6 Å². The summed E-state index contributed by atoms with van der Waals surface area (Å²) in [5.41, 5.74) is 2.57. The fourth-order valence-corrected chi connectivity index (χ4v) is 3.48. The Morgan fingerprint density at radius 2 is 1.96 bits per heavy atom. The first-order valence-electron chi connectivity index (χ1n) is 7.99. The number of hydrogen-bond donors (Lipinski definition) is 2. The van der Waals surface area contributed by atoms with E-state index in [1.807, 2.05) is 35.7 Å². The molecule has 3 rings (SSSR count). The first-order valence-corrected chi connectivity index (χ1v) is 9.25. The van der Waals surface area contributed by atoms with E-state index < -0.39 is 5.97 Å². The number of benzene rings is 2. The Bertz CT molecular complexity index is 898. The summed E-state index contributed by atoms with van der Waals surface area (Å²) in [6.45, 7) is 0.415. The highest BCUT2D eigenvalue weighted by atomic mass is 35.5. The van der Waals surface area contributed by atoms with Crippen molar-refractivity contribution in [3.63, 3.8) is 0 Å². The van der Waals surface area contributed by atoms with E-state index in [4.69, 9.17) is 21.4 Å². The number of esters is 1. The van der Waals surface area contributed by atoms with Crippen LogP contribution in [0.1, 0.15) is 16.1 Å². The summed E-state index contributed by atoms with van der Waals surface area (Å²) in [4.78, 5) is 16.8. The van der Waals surface area contributed by atoms with Gasteiger partial charge in [-0.3, -0.25) is 0 Å². The fourth-order valence-electron chi connectivity index (χ4n) is 2.35. The van der Waals surface area contributed by atoms with Gasteiger partial charge >= 0.3 is 5.97 Å². The van der Waals surface area contributed by atoms with Crippen molar-refractivity contribution in [3.8, 4) is 10.6 Å². The smallest absolute Gasteiger partial charge is 0.340 e. The average Bonchev–Trinajstić information content (AvgIpc) is 3.14. The summed E-state index contributed by atoms with van der Waals surface area (Å²) in [6, 6.07) is 14.5. The van der Waals surface area contributed by atoms with Crippen LogP contribution in [-0.4, -0.2) is 29.2 Å². The predicted octanol–water partition coefficient (Wildman–Crippen LogP) is 4.22. The van der Waals surface area contributed by atoms with E-state index in [1.54, 1.807) is 18.2 Å². The molecular weight excluding hydrogens is 372 g/mol. The van der Waals surface area contributed by atoms with Crippen molar-refractivity contribution < 1.29 is 14.6 Å². The summed E-state index contributed by atoms with van der Waals surface area (Å²) in [5.74, 6) is -0.446. The maximum atomic E-state index is 12.4. The zero-order valence-corrected chi connectivity index (χ0v) is 15.4. The molecule has 0 saturated carbocycles. The van der Waals surface area contributed by atoms with Crippen LogP contribution in [0.2, 0.25) is 5.02 Å². The normalized spacial score (nSPS) is 10.5. The molecular formula is C19H17ClN2O3S. The van der Waals surface area contributed by atoms with Crippen LogP contribution in [0.15, 0.2) is 53.9 Å². The summed E-state index contributed by atoms with van der Waals surface area (Å²) < 4.78 is 5.38. The van der Waals surface area contributed by atoms with Crippen LogP contribution in [0.5, 0.6) is 0 Å². The summed E-state index contributed by atoms with van der Waals surface area (Å²) in [6.07, 6.45) is 0. The Balaban J connectivity index is 1.67. The number of nitrogens with one attached hydrogen (secondary N) is 1. The highest BCUT2D eigenvalue weighted by molar-refractivity contribution is 7.13. The number of aliphatic hydroxyl groups is 1. The highest BCUT2D eigenvalue weighted by Gasteiger charge is 2.14. The van der Waals surface area contributed by atoms with Gasteiger partial charge in [0.2, 0.25) is 0 Å². The van der Waals surface area contributed by atoms with Gasteiger partial charge in [0.25, 0.3) is 0 Å². The largest absolute Gasteiger partial charge is 0.455 e. The minimum Gasteiger partial charge on any atom is -0.455 e. The van der Waals surface area contributed by atoms with Crippen molar-refractivity contribution in [2.75, 3.05) is 18.5 Å². The van der Waals surface area contributed by atoms with Crippen molar-refractivity contribution in [2.24, 2.45) is 0 Å². The minimum absolute atomic E-state index is 0.0208. The lowest BCUT2D eigenvalue weighted by Crippen LogP contribution is -2.12. The number of thiazole rings is 1. The number of carbonyl (C=O) groups excluding carboxylic acids is 1. The second kappa shape index (κ2) is 8.80. The molecule has 0 aliphatic heterocycles. The molecule has 0 spiro atoms. The Morgan fingerprint density at radius 1 is 1.19 bits per heavy atom. The van der Waals surface area contributed by atoms with Gasteiger partial charge in [-0.2, -0.15) is 0 Å². The third kappa shape index (κ3) is 4.40. The fraction of sp³-hybridized carbons (Fsp3) is 0.158. The zero-order valence-electron chi connectivity index (χ0n) is 13.8. The van der Waals surface area contributed by atoms with E-state index >= 15 is 0 Å². The molecule has 0 aliphatic carbocycles. The molecule has 1 aromatic heterocycles. The molecule has 0 fully saturated rings. The van der Waals surface area contributed by atoms with Gasteiger partial charge in [-0.25, -0.2) is 9.78 Å². The number of para-hydroxylation sites is 1. The molecule has 0 bridgehead atoms. The number of halogens is 1. The zero-order chi connectivity index (χ0) is 18.4. The summed E-state index contributed by atoms with van der Waals surface area (Å²) >= 11 is 7.64. The number of aliphatic hydroxyl groups excluding tert-OH is 1. The average molecular weight is 389 g/mol. The number of anilines is 1. The molecule has 2 N–H and O–H groups in total. The van der Waals surface area contributed by atoms with Crippen molar-refractivity contribution in [2.45, 2.75) is 6.61 Å². The van der Waals surface area contributed by atoms with E-state index in [-0.39, 0.29) is 13.2 Å². The third-order valence-corrected chi connectivity index (χ3v) is 4.84. The predicted molar refractivity (Wildman–Crippen MR) is 104 cm³/mol. The summed E-state index contributed by atoms with van der Waals surface area (Å²) in [7, 11) is 0. The van der Waals surface area contributed by atoms with Gasteiger partial charge in [0.05, 0.1) is 22.9 Å². The molecule has 0 radical (unpaired) electrons. The Kier molecular flexibility index (Phi) is 6.22. The molecule has 7 heteroatoms. The topological polar surface area (TPSA) is 71.5 Å². The van der Waals surface area contributed by atoms with Crippen molar-refractivity contribution in [1.29, 1.82) is 0 Å². The van der Waals surface area contributed by atoms with Gasteiger partial charge in [-0.15, -0.1) is 11.3 Å². The first kappa shape index (κ1) is 18.4. The molecule has 0 unspecified atom stereocenters. The van der Waals surface area contributed by atoms with E-state index in [2.05, 4.69) is 10.3 Å². The highest BCUT2D eigenvalue weighted by Crippen LogP contribution is 2.30. The second-order valence-corrected chi connectivity index (χ2v) is 6.66. The van der Waals surface area contributed by atoms with Crippen LogP contribution >= 0.6 is 22.9 Å². The quantitative estimate of drug-likeness (QED) is 0.593. The maximum absolute atomic E-state index is 12.4. The number of carbonyl (C=O) groups is 1. The lowest BCUT2D eigenvalue weighted by Gasteiger charge is -2.10. The molecule has 1 heterocycles. The molecule has 5 nitrogen and oxygen atoms in total. The van der Waals surface area contributed by atoms with Gasteiger partial charge in [-0.1, -0.05) is 41.9 Å². The summed E-state index contributed by atoms with van der Waals surface area (Å²) in [5, 5.41) is 15.2. The van der Waals surface area contributed by atoms with E-state index in [1.165, 1.54) is 11.3 Å². The molecule has 3 aromatic rings. The molecule has 0 amide bonds. The monoisotopic (exact) mass is 388 g/mol. The molecule has 134 valence electrons. The molecule has 2 aromatic carbocycles. The standard InChI is InChI=1S/C19H17ClN2O3S/c20-16-7-3-1-5-14(16)18-22-13(12-26-18)11-25-19(24)15-6-2-4-8-17(15)21-9-10-23/h1-8,12,21,23H,9-11H2. The Morgan fingerprint density at radius 3 is 2.77 bits per heavy atom. The number of hydrogen-bond acceptors (Lipinski definition) is 6. The van der Waals surface area contributed by atoms with Crippen molar-refractivity contribution in [3.05, 3.63) is 70.2 Å². The van der Waals surface area contributed by atoms with Gasteiger partial charge < -0.3 is 15.2 Å². The van der Waals surface area contributed by atoms with Crippen molar-refractivity contribution in [1.82, 2.24) is 4.98 Å². The van der Waals surface area contributed by atoms with E-state index in [9.17, 15) is 4.79 Å². The van der Waals surface area contributed by atoms with Crippen LogP contribution in [0, 0.1) is 0 Å². The van der Waals surface area contributed by atoms with Gasteiger partial charge in [-0.05, 0) is 18.2 Å². The van der Waals surface area contributed by atoms with Crippen LogP contribution in [0.3, 0.4) is 0 Å². The van der Waals surface area contributed by atoms with Crippen LogP contribution in [0.4, 0.5) is 5.69 Å². The lowest BCUT2D eigenvalue weighted by molar-refractivity contribution is 0.0469. The molecule has 0 atom stereocenters. The number of aromatic nitrogens is 1. The lowest BCUT2D eigenvalue weighted by atomic mass is 10.2. The van der Waals surface area contributed by atoms with Crippen LogP contribution in [0.25, 0.3) is 10.6 Å². The third-order valence-electron chi connectivity index (χ3n) is 3.58. The van der Waals surface area contributed by atoms with E-state index in [0.717, 1.165) is 10.6 Å². The van der Waals surface area contributed by atoms with E-state index in [0.29, 0.717) is 28.5 Å². The Labute approximate surface area is 160 Å². The Hall–Kier alpha value is -2.41. The molecule has 0 aliphatic rings. The number of ether oxygens (including phenoxy) is 1. The first-order chi connectivity index (χ1) is 12.7. The minimum atomic E-state index is -0.446.